The Balaban J connectivity index is 0.914. The SMILES string of the molecule is COc1cccc(C2=CN3C(=O)c4cc(OC)c(OCCCOc5cc6c(cc5OC)C(=O)N5CC7(CC7)C[C@H]5C=N6)cc4NC[C@@H]3C2)c1. The van der Waals surface area contributed by atoms with Crippen molar-refractivity contribution < 1.29 is 33.3 Å². The molecule has 0 bridgehead atoms. The Hall–Kier alpha value is -5.19. The number of ether oxygens (including phenoxy) is 5. The molecule has 254 valence electrons. The highest BCUT2D eigenvalue weighted by Crippen LogP contribution is 2.55. The minimum Gasteiger partial charge on any atom is -0.497 e. The van der Waals surface area contributed by atoms with Crippen LogP contribution in [0.25, 0.3) is 5.57 Å². The molecule has 3 aromatic rings. The monoisotopic (exact) mass is 664 g/mol. The summed E-state index contributed by atoms with van der Waals surface area (Å²) in [5.74, 6) is 2.74. The van der Waals surface area contributed by atoms with Gasteiger partial charge < -0.3 is 38.8 Å². The number of hydrogen-bond donors (Lipinski definition) is 1. The number of hydrogen-bond acceptors (Lipinski definition) is 9. The fourth-order valence-electron chi connectivity index (χ4n) is 7.45. The molecule has 11 nitrogen and oxygen atoms in total. The molecule has 1 N–H and O–H groups in total. The van der Waals surface area contributed by atoms with Gasteiger partial charge >= 0.3 is 0 Å². The topological polar surface area (TPSA) is 111 Å². The summed E-state index contributed by atoms with van der Waals surface area (Å²) in [7, 11) is 4.79. The minimum absolute atomic E-state index is 0.000235. The van der Waals surface area contributed by atoms with Crippen LogP contribution >= 0.6 is 0 Å². The summed E-state index contributed by atoms with van der Waals surface area (Å²) in [5, 5.41) is 3.47. The molecule has 2 fully saturated rings. The lowest BCUT2D eigenvalue weighted by molar-refractivity contribution is 0.0765. The number of methoxy groups -OCH3 is 3. The quantitative estimate of drug-likeness (QED) is 0.265. The molecule has 8 rings (SSSR count). The molecule has 5 aliphatic rings. The Labute approximate surface area is 285 Å². The maximum Gasteiger partial charge on any atom is 0.260 e. The lowest BCUT2D eigenvalue weighted by Crippen LogP contribution is -2.35. The van der Waals surface area contributed by atoms with Crippen molar-refractivity contribution in [2.45, 2.75) is 44.2 Å². The number of carbonyl (C=O) groups excluding carboxylic acids is 2. The van der Waals surface area contributed by atoms with Gasteiger partial charge in [-0.2, -0.15) is 0 Å². The molecule has 0 aromatic heterocycles. The number of nitrogens with zero attached hydrogens (tertiary/aromatic N) is 3. The number of benzene rings is 3. The summed E-state index contributed by atoms with van der Waals surface area (Å²) >= 11 is 0. The molecule has 11 heteroatoms. The van der Waals surface area contributed by atoms with Crippen LogP contribution < -0.4 is 29.0 Å². The molecule has 1 spiro atoms. The van der Waals surface area contributed by atoms with Crippen LogP contribution in [0.4, 0.5) is 11.4 Å². The molecule has 0 unspecified atom stereocenters. The van der Waals surface area contributed by atoms with Crippen molar-refractivity contribution in [3.8, 4) is 28.7 Å². The number of rotatable bonds is 10. The highest BCUT2D eigenvalue weighted by Gasteiger charge is 2.53. The summed E-state index contributed by atoms with van der Waals surface area (Å²) in [5.41, 5.74) is 4.81. The molecule has 1 aliphatic carbocycles. The average molecular weight is 665 g/mol. The van der Waals surface area contributed by atoms with Gasteiger partial charge in [-0.1, -0.05) is 12.1 Å². The van der Waals surface area contributed by atoms with Gasteiger partial charge in [0.15, 0.2) is 23.0 Å². The summed E-state index contributed by atoms with van der Waals surface area (Å²) in [6, 6.07) is 15.0. The largest absolute Gasteiger partial charge is 0.497 e. The zero-order valence-electron chi connectivity index (χ0n) is 28.0. The van der Waals surface area contributed by atoms with Gasteiger partial charge in [0.25, 0.3) is 11.8 Å². The number of anilines is 1. The second-order valence-electron chi connectivity index (χ2n) is 13.4. The van der Waals surface area contributed by atoms with Crippen molar-refractivity contribution in [2.75, 3.05) is 52.9 Å². The molecule has 0 radical (unpaired) electrons. The predicted molar refractivity (Wildman–Crippen MR) is 185 cm³/mol. The fraction of sp³-hybridized carbons (Fsp3) is 0.395. The third-order valence-corrected chi connectivity index (χ3v) is 10.3. The average Bonchev–Trinajstić information content (AvgIpc) is 3.65. The smallest absolute Gasteiger partial charge is 0.260 e. The van der Waals surface area contributed by atoms with Gasteiger partial charge in [0, 0.05) is 44.1 Å². The molecule has 2 amide bonds. The van der Waals surface area contributed by atoms with E-state index in [0.29, 0.717) is 77.1 Å². The standard InChI is InChI=1S/C38H40N4O7/c1-45-27-7-4-6-23(13-27)24-12-25-19-39-30-16-34(32(46-2)14-28(30)36(43)41(25)21-24)48-10-5-11-49-35-17-31-29(15-33(35)47-3)37(44)42-22-38(8-9-38)18-26(42)20-40-31/h4,6-7,13-17,20-21,25-26,39H,5,8-12,18-19,22H2,1-3H3/t25-,26-/m0/s1. The van der Waals surface area contributed by atoms with Crippen molar-refractivity contribution in [1.82, 2.24) is 9.80 Å². The molecule has 49 heavy (non-hydrogen) atoms. The highest BCUT2D eigenvalue weighted by molar-refractivity contribution is 6.04. The van der Waals surface area contributed by atoms with Crippen molar-refractivity contribution in [3.63, 3.8) is 0 Å². The normalized spacial score (nSPS) is 21.1. The van der Waals surface area contributed by atoms with Crippen LogP contribution in [0, 0.1) is 5.41 Å². The van der Waals surface area contributed by atoms with E-state index in [4.69, 9.17) is 28.7 Å². The van der Waals surface area contributed by atoms with Crippen LogP contribution in [0.2, 0.25) is 0 Å². The van der Waals surface area contributed by atoms with E-state index in [1.807, 2.05) is 52.5 Å². The van der Waals surface area contributed by atoms with Crippen LogP contribution in [0.15, 0.2) is 59.7 Å². The van der Waals surface area contributed by atoms with E-state index in [1.54, 1.807) is 39.5 Å². The van der Waals surface area contributed by atoms with Gasteiger partial charge in [-0.05, 0) is 66.5 Å². The summed E-state index contributed by atoms with van der Waals surface area (Å²) in [6.07, 6.45) is 8.53. The first-order valence-corrected chi connectivity index (χ1v) is 16.8. The van der Waals surface area contributed by atoms with Crippen molar-refractivity contribution >= 4 is 35.0 Å². The molecule has 2 atom stereocenters. The fourth-order valence-corrected chi connectivity index (χ4v) is 7.45. The first kappa shape index (κ1) is 31.1. The zero-order valence-corrected chi connectivity index (χ0v) is 28.0. The van der Waals surface area contributed by atoms with E-state index >= 15 is 0 Å². The summed E-state index contributed by atoms with van der Waals surface area (Å²) in [6.45, 7) is 2.10. The lowest BCUT2D eigenvalue weighted by Gasteiger charge is -2.21. The maximum absolute atomic E-state index is 13.8. The van der Waals surface area contributed by atoms with E-state index in [-0.39, 0.29) is 23.9 Å². The number of aliphatic imine (C=N–C) groups is 1. The second-order valence-corrected chi connectivity index (χ2v) is 13.4. The molecule has 4 aliphatic heterocycles. The van der Waals surface area contributed by atoms with Gasteiger partial charge in [-0.25, -0.2) is 0 Å². The summed E-state index contributed by atoms with van der Waals surface area (Å²) < 4.78 is 28.9. The maximum atomic E-state index is 13.8. The molecule has 1 saturated heterocycles. The predicted octanol–water partition coefficient (Wildman–Crippen LogP) is 5.95. The Kier molecular flexibility index (Phi) is 7.85. The Morgan fingerprint density at radius 1 is 0.878 bits per heavy atom. The van der Waals surface area contributed by atoms with E-state index in [1.165, 1.54) is 12.8 Å². The van der Waals surface area contributed by atoms with Crippen molar-refractivity contribution in [2.24, 2.45) is 10.4 Å². The number of fused-ring (bicyclic) bond motifs is 4. The first-order valence-electron chi connectivity index (χ1n) is 16.8. The van der Waals surface area contributed by atoms with Gasteiger partial charge in [0.1, 0.15) is 5.75 Å². The highest BCUT2D eigenvalue weighted by atomic mass is 16.5. The molecule has 3 aromatic carbocycles. The zero-order chi connectivity index (χ0) is 33.7. The number of carbonyl (C=O) groups is 2. The molecule has 1 saturated carbocycles. The van der Waals surface area contributed by atoms with Gasteiger partial charge in [0.05, 0.1) is 69.1 Å². The summed E-state index contributed by atoms with van der Waals surface area (Å²) in [4.78, 5) is 35.7. The first-order chi connectivity index (χ1) is 23.9. The Morgan fingerprint density at radius 3 is 2.37 bits per heavy atom. The van der Waals surface area contributed by atoms with E-state index in [0.717, 1.165) is 36.3 Å². The van der Waals surface area contributed by atoms with Crippen LogP contribution in [-0.4, -0.2) is 87.5 Å². The molecular formula is C38H40N4O7. The lowest BCUT2D eigenvalue weighted by atomic mass is 10.0. The van der Waals surface area contributed by atoms with Crippen LogP contribution in [0.5, 0.6) is 28.7 Å². The minimum atomic E-state index is -0.0888. The third-order valence-electron chi connectivity index (χ3n) is 10.3. The third kappa shape index (κ3) is 5.70. The Bertz CT molecular complexity index is 1880. The number of nitrogens with one attached hydrogen (secondary N) is 1. The second kappa shape index (κ2) is 12.4. The van der Waals surface area contributed by atoms with E-state index < -0.39 is 0 Å². The van der Waals surface area contributed by atoms with E-state index in [2.05, 4.69) is 5.32 Å². The van der Waals surface area contributed by atoms with Crippen LogP contribution in [-0.2, 0) is 0 Å². The van der Waals surface area contributed by atoms with Gasteiger partial charge in [-0.15, -0.1) is 0 Å². The van der Waals surface area contributed by atoms with Crippen LogP contribution in [0.1, 0.15) is 58.4 Å². The number of amides is 2. The van der Waals surface area contributed by atoms with Crippen LogP contribution in [0.3, 0.4) is 0 Å². The van der Waals surface area contributed by atoms with Gasteiger partial charge in [0.2, 0.25) is 0 Å². The Morgan fingerprint density at radius 2 is 1.63 bits per heavy atom. The van der Waals surface area contributed by atoms with Crippen molar-refractivity contribution in [3.05, 3.63) is 71.4 Å². The molecular weight excluding hydrogens is 624 g/mol. The molecule has 4 heterocycles. The van der Waals surface area contributed by atoms with E-state index in [9.17, 15) is 9.59 Å². The van der Waals surface area contributed by atoms with Gasteiger partial charge in [-0.3, -0.25) is 14.6 Å². The van der Waals surface area contributed by atoms with Crippen molar-refractivity contribution in [1.29, 1.82) is 0 Å².